The standard InChI is InChI=1S/C14H13NO4/c1-10-5-4-7-12(15(17)18)14(10)19-13-8-3-2-6-11(13)9-16/h2-8,16H,9H2,1H3. The van der Waals surface area contributed by atoms with Crippen molar-refractivity contribution in [3.05, 3.63) is 63.7 Å². The number of para-hydroxylation sites is 2. The van der Waals surface area contributed by atoms with Gasteiger partial charge < -0.3 is 9.84 Å². The number of benzene rings is 2. The number of nitro benzene ring substituents is 1. The van der Waals surface area contributed by atoms with Gasteiger partial charge in [-0.25, -0.2) is 0 Å². The van der Waals surface area contributed by atoms with Crippen molar-refractivity contribution in [1.29, 1.82) is 0 Å². The highest BCUT2D eigenvalue weighted by atomic mass is 16.6. The molecule has 0 saturated carbocycles. The Morgan fingerprint density at radius 1 is 1.21 bits per heavy atom. The van der Waals surface area contributed by atoms with Crippen molar-refractivity contribution >= 4 is 5.69 Å². The van der Waals surface area contributed by atoms with Crippen LogP contribution in [0.15, 0.2) is 42.5 Å². The smallest absolute Gasteiger partial charge is 0.311 e. The Bertz CT molecular complexity index is 610. The van der Waals surface area contributed by atoms with Gasteiger partial charge in [-0.1, -0.05) is 30.3 Å². The maximum absolute atomic E-state index is 11.0. The van der Waals surface area contributed by atoms with Crippen LogP contribution >= 0.6 is 0 Å². The summed E-state index contributed by atoms with van der Waals surface area (Å²) in [4.78, 5) is 10.5. The zero-order valence-electron chi connectivity index (χ0n) is 10.4. The molecule has 2 rings (SSSR count). The third-order valence-corrected chi connectivity index (χ3v) is 2.74. The van der Waals surface area contributed by atoms with E-state index in [9.17, 15) is 15.2 Å². The van der Waals surface area contributed by atoms with Gasteiger partial charge in [0.05, 0.1) is 11.5 Å². The SMILES string of the molecule is Cc1cccc([N+](=O)[O-])c1Oc1ccccc1CO. The van der Waals surface area contributed by atoms with Crippen LogP contribution in [-0.2, 0) is 6.61 Å². The zero-order chi connectivity index (χ0) is 13.8. The van der Waals surface area contributed by atoms with Gasteiger partial charge >= 0.3 is 5.69 Å². The van der Waals surface area contributed by atoms with Crippen molar-refractivity contribution in [2.45, 2.75) is 13.5 Å². The van der Waals surface area contributed by atoms with Crippen LogP contribution in [0, 0.1) is 17.0 Å². The van der Waals surface area contributed by atoms with E-state index in [2.05, 4.69) is 0 Å². The number of rotatable bonds is 4. The molecule has 2 aromatic rings. The highest BCUT2D eigenvalue weighted by Gasteiger charge is 2.18. The van der Waals surface area contributed by atoms with E-state index in [0.717, 1.165) is 0 Å². The van der Waals surface area contributed by atoms with E-state index in [-0.39, 0.29) is 18.0 Å². The van der Waals surface area contributed by atoms with E-state index in [1.54, 1.807) is 43.3 Å². The fraction of sp³-hybridized carbons (Fsp3) is 0.143. The monoisotopic (exact) mass is 259 g/mol. The van der Waals surface area contributed by atoms with E-state index < -0.39 is 4.92 Å². The maximum atomic E-state index is 11.0. The molecule has 0 atom stereocenters. The normalized spacial score (nSPS) is 10.2. The molecular weight excluding hydrogens is 246 g/mol. The van der Waals surface area contributed by atoms with E-state index in [0.29, 0.717) is 16.9 Å². The number of hydrogen-bond acceptors (Lipinski definition) is 4. The second-order valence-corrected chi connectivity index (χ2v) is 4.05. The molecule has 0 aliphatic carbocycles. The number of hydrogen-bond donors (Lipinski definition) is 1. The minimum atomic E-state index is -0.482. The Hall–Kier alpha value is -2.40. The average molecular weight is 259 g/mol. The third kappa shape index (κ3) is 2.71. The highest BCUT2D eigenvalue weighted by molar-refractivity contribution is 5.53. The molecule has 0 heterocycles. The first-order valence-corrected chi connectivity index (χ1v) is 5.74. The predicted octanol–water partition coefficient (Wildman–Crippen LogP) is 3.19. The summed E-state index contributed by atoms with van der Waals surface area (Å²) in [5, 5.41) is 20.2. The Morgan fingerprint density at radius 3 is 2.63 bits per heavy atom. The summed E-state index contributed by atoms with van der Waals surface area (Å²) in [6, 6.07) is 11.6. The van der Waals surface area contributed by atoms with E-state index in [1.165, 1.54) is 6.07 Å². The molecule has 19 heavy (non-hydrogen) atoms. The molecule has 0 bridgehead atoms. The molecule has 98 valence electrons. The van der Waals surface area contributed by atoms with Crippen molar-refractivity contribution in [3.63, 3.8) is 0 Å². The summed E-state index contributed by atoms with van der Waals surface area (Å²) in [7, 11) is 0. The molecule has 5 nitrogen and oxygen atoms in total. The van der Waals surface area contributed by atoms with Gasteiger partial charge in [-0.2, -0.15) is 0 Å². The quantitative estimate of drug-likeness (QED) is 0.676. The Morgan fingerprint density at radius 2 is 1.95 bits per heavy atom. The number of ether oxygens (including phenoxy) is 1. The summed E-state index contributed by atoms with van der Waals surface area (Å²) in [6.45, 7) is 1.56. The van der Waals surface area contributed by atoms with E-state index in [4.69, 9.17) is 4.74 Å². The molecular formula is C14H13NO4. The van der Waals surface area contributed by atoms with Crippen molar-refractivity contribution in [1.82, 2.24) is 0 Å². The van der Waals surface area contributed by atoms with E-state index in [1.807, 2.05) is 0 Å². The third-order valence-electron chi connectivity index (χ3n) is 2.74. The first-order valence-electron chi connectivity index (χ1n) is 5.74. The molecule has 0 aromatic heterocycles. The molecule has 0 aliphatic heterocycles. The second kappa shape index (κ2) is 5.49. The molecule has 5 heteroatoms. The average Bonchev–Trinajstić information content (AvgIpc) is 2.41. The van der Waals surface area contributed by atoms with Gasteiger partial charge in [0.2, 0.25) is 5.75 Å². The fourth-order valence-electron chi connectivity index (χ4n) is 1.76. The van der Waals surface area contributed by atoms with Crippen LogP contribution in [0.2, 0.25) is 0 Å². The van der Waals surface area contributed by atoms with Crippen LogP contribution < -0.4 is 4.74 Å². The topological polar surface area (TPSA) is 72.6 Å². The Balaban J connectivity index is 2.46. The van der Waals surface area contributed by atoms with Crippen LogP contribution in [0.25, 0.3) is 0 Å². The van der Waals surface area contributed by atoms with Gasteiger partial charge in [-0.05, 0) is 18.6 Å². The van der Waals surface area contributed by atoms with Crippen LogP contribution in [0.4, 0.5) is 5.69 Å². The lowest BCUT2D eigenvalue weighted by Crippen LogP contribution is -1.97. The summed E-state index contributed by atoms with van der Waals surface area (Å²) in [5.41, 5.74) is 1.16. The number of nitro groups is 1. The van der Waals surface area contributed by atoms with Gasteiger partial charge in [0, 0.05) is 11.6 Å². The van der Waals surface area contributed by atoms with Crippen molar-refractivity contribution in [2.75, 3.05) is 0 Å². The summed E-state index contributed by atoms with van der Waals surface area (Å²) >= 11 is 0. The van der Waals surface area contributed by atoms with Crippen LogP contribution in [-0.4, -0.2) is 10.0 Å². The molecule has 0 amide bonds. The van der Waals surface area contributed by atoms with Crippen LogP contribution in [0.3, 0.4) is 0 Å². The largest absolute Gasteiger partial charge is 0.449 e. The lowest BCUT2D eigenvalue weighted by Gasteiger charge is -2.11. The van der Waals surface area contributed by atoms with Crippen LogP contribution in [0.5, 0.6) is 11.5 Å². The molecule has 2 aromatic carbocycles. The second-order valence-electron chi connectivity index (χ2n) is 4.05. The lowest BCUT2D eigenvalue weighted by molar-refractivity contribution is -0.385. The zero-order valence-corrected chi connectivity index (χ0v) is 10.4. The first-order chi connectivity index (χ1) is 9.13. The molecule has 0 aliphatic rings. The van der Waals surface area contributed by atoms with Crippen LogP contribution in [0.1, 0.15) is 11.1 Å². The Kier molecular flexibility index (Phi) is 3.77. The number of nitrogens with zero attached hydrogens (tertiary/aromatic N) is 1. The van der Waals surface area contributed by atoms with Crippen molar-refractivity contribution in [3.8, 4) is 11.5 Å². The Labute approximate surface area is 110 Å². The summed E-state index contributed by atoms with van der Waals surface area (Å²) in [6.07, 6.45) is 0. The minimum absolute atomic E-state index is 0.0901. The highest BCUT2D eigenvalue weighted by Crippen LogP contribution is 2.35. The lowest BCUT2D eigenvalue weighted by atomic mass is 10.2. The number of aryl methyl sites for hydroxylation is 1. The van der Waals surface area contributed by atoms with Gasteiger partial charge in [-0.3, -0.25) is 10.1 Å². The van der Waals surface area contributed by atoms with Crippen molar-refractivity contribution < 1.29 is 14.8 Å². The maximum Gasteiger partial charge on any atom is 0.311 e. The van der Waals surface area contributed by atoms with Gasteiger partial charge in [0.1, 0.15) is 5.75 Å². The summed E-state index contributed by atoms with van der Waals surface area (Å²) in [5.74, 6) is 0.621. The van der Waals surface area contributed by atoms with Crippen molar-refractivity contribution in [2.24, 2.45) is 0 Å². The van der Waals surface area contributed by atoms with Gasteiger partial charge in [0.15, 0.2) is 0 Å². The summed E-state index contributed by atoms with van der Waals surface area (Å²) < 4.78 is 5.62. The predicted molar refractivity (Wildman–Crippen MR) is 70.3 cm³/mol. The molecule has 0 spiro atoms. The molecule has 0 radical (unpaired) electrons. The first kappa shape index (κ1) is 13.0. The minimum Gasteiger partial charge on any atom is -0.449 e. The van der Waals surface area contributed by atoms with E-state index >= 15 is 0 Å². The molecule has 0 fully saturated rings. The van der Waals surface area contributed by atoms with Gasteiger partial charge in [0.25, 0.3) is 0 Å². The number of aliphatic hydroxyl groups is 1. The van der Waals surface area contributed by atoms with Gasteiger partial charge in [-0.15, -0.1) is 0 Å². The number of aliphatic hydroxyl groups excluding tert-OH is 1. The molecule has 0 saturated heterocycles. The fourth-order valence-corrected chi connectivity index (χ4v) is 1.76. The molecule has 0 unspecified atom stereocenters. The molecule has 1 N–H and O–H groups in total.